The van der Waals surface area contributed by atoms with E-state index in [2.05, 4.69) is 14.7 Å². The van der Waals surface area contributed by atoms with Crippen LogP contribution in [0.15, 0.2) is 0 Å². The summed E-state index contributed by atoms with van der Waals surface area (Å²) in [6.07, 6.45) is 2.21. The van der Waals surface area contributed by atoms with E-state index in [-0.39, 0.29) is 17.6 Å². The molecule has 1 heterocycles. The van der Waals surface area contributed by atoms with Crippen molar-refractivity contribution in [3.05, 3.63) is 17.0 Å². The molecular weight excluding hydrogens is 254 g/mol. The molecule has 1 atom stereocenters. The van der Waals surface area contributed by atoms with E-state index in [4.69, 9.17) is 0 Å². The van der Waals surface area contributed by atoms with E-state index in [9.17, 15) is 13.2 Å². The van der Waals surface area contributed by atoms with E-state index < -0.39 is 10.0 Å². The highest BCUT2D eigenvalue weighted by atomic mass is 32.2. The van der Waals surface area contributed by atoms with Crippen LogP contribution in [0, 0.1) is 12.8 Å². The summed E-state index contributed by atoms with van der Waals surface area (Å²) in [5, 5.41) is 0. The largest absolute Gasteiger partial charge is 0.294 e. The zero-order valence-electron chi connectivity index (χ0n) is 10.5. The number of fused-ring (bicyclic) bond motifs is 1. The van der Waals surface area contributed by atoms with E-state index >= 15 is 0 Å². The number of rotatable bonds is 2. The molecule has 18 heavy (non-hydrogen) atoms. The number of hydrogen-bond acceptors (Lipinski definition) is 5. The number of ketones is 1. The van der Waals surface area contributed by atoms with Gasteiger partial charge in [-0.15, -0.1) is 0 Å². The molecule has 0 aromatic carbocycles. The van der Waals surface area contributed by atoms with E-state index in [1.165, 1.54) is 0 Å². The minimum atomic E-state index is -3.41. The average molecular weight is 269 g/mol. The van der Waals surface area contributed by atoms with Gasteiger partial charge in [0, 0.05) is 6.42 Å². The van der Waals surface area contributed by atoms with Crippen molar-refractivity contribution in [1.82, 2.24) is 9.97 Å². The molecular formula is C11H15N3O3S. The molecule has 0 saturated carbocycles. The number of carbonyl (C=O) groups excluding carboxylic acids is 1. The summed E-state index contributed by atoms with van der Waals surface area (Å²) in [5.41, 5.74) is 1.72. The molecule has 1 aliphatic carbocycles. The fraction of sp³-hybridized carbons (Fsp3) is 0.545. The van der Waals surface area contributed by atoms with Crippen molar-refractivity contribution in [2.45, 2.75) is 26.7 Å². The highest BCUT2D eigenvalue weighted by molar-refractivity contribution is 7.91. The lowest BCUT2D eigenvalue weighted by Crippen LogP contribution is -2.23. The van der Waals surface area contributed by atoms with Crippen LogP contribution in [0.1, 0.15) is 35.1 Å². The molecule has 7 heteroatoms. The minimum absolute atomic E-state index is 0.0344. The Morgan fingerprint density at radius 2 is 1.94 bits per heavy atom. The molecule has 1 aliphatic rings. The summed E-state index contributed by atoms with van der Waals surface area (Å²) >= 11 is 0. The summed E-state index contributed by atoms with van der Waals surface area (Å²) < 4.78 is 24.5. The van der Waals surface area contributed by atoms with E-state index in [0.29, 0.717) is 29.8 Å². The molecule has 0 bridgehead atoms. The molecule has 0 spiro atoms. The Morgan fingerprint density at radius 3 is 2.56 bits per heavy atom. The van der Waals surface area contributed by atoms with Gasteiger partial charge in [-0.3, -0.25) is 9.52 Å². The molecule has 0 aliphatic heterocycles. The van der Waals surface area contributed by atoms with Crippen LogP contribution in [0.4, 0.5) is 5.95 Å². The molecule has 2 rings (SSSR count). The van der Waals surface area contributed by atoms with E-state index in [1.54, 1.807) is 6.92 Å². The molecule has 1 aromatic rings. The third kappa shape index (κ3) is 2.66. The van der Waals surface area contributed by atoms with Gasteiger partial charge in [0.2, 0.25) is 16.0 Å². The minimum Gasteiger partial charge on any atom is -0.294 e. The molecule has 98 valence electrons. The Morgan fingerprint density at radius 1 is 1.28 bits per heavy atom. The number of aryl methyl sites for hydroxylation is 1. The number of aromatic nitrogens is 2. The first-order valence-electron chi connectivity index (χ1n) is 5.65. The second kappa shape index (κ2) is 4.31. The lowest BCUT2D eigenvalue weighted by Gasteiger charge is -2.21. The second-order valence-corrected chi connectivity index (χ2v) is 6.51. The zero-order valence-corrected chi connectivity index (χ0v) is 11.3. The summed E-state index contributed by atoms with van der Waals surface area (Å²) in [6, 6.07) is 0. The topological polar surface area (TPSA) is 89.0 Å². The Hall–Kier alpha value is -1.50. The molecule has 1 aromatic heterocycles. The number of anilines is 1. The molecule has 0 amide bonds. The average Bonchev–Trinajstić information content (AvgIpc) is 2.11. The predicted octanol–water partition coefficient (Wildman–Crippen LogP) is 0.922. The normalized spacial score (nSPS) is 19.5. The predicted molar refractivity (Wildman–Crippen MR) is 67.1 cm³/mol. The fourth-order valence-electron chi connectivity index (χ4n) is 2.17. The lowest BCUT2D eigenvalue weighted by molar-refractivity contribution is 0.0951. The summed E-state index contributed by atoms with van der Waals surface area (Å²) in [4.78, 5) is 20.1. The van der Waals surface area contributed by atoms with Crippen LogP contribution in [-0.4, -0.2) is 30.4 Å². The smallest absolute Gasteiger partial charge is 0.237 e. The van der Waals surface area contributed by atoms with E-state index in [1.807, 2.05) is 6.92 Å². The van der Waals surface area contributed by atoms with Crippen molar-refractivity contribution < 1.29 is 13.2 Å². The Bertz CT molecular complexity index is 610. The molecule has 1 unspecified atom stereocenters. The molecule has 1 N–H and O–H groups in total. The van der Waals surface area contributed by atoms with Crippen molar-refractivity contribution in [2.24, 2.45) is 5.92 Å². The Kier molecular flexibility index (Phi) is 3.10. The fourth-order valence-corrected chi connectivity index (χ4v) is 2.60. The standard InChI is InChI=1S/C11H15N3O3S/c1-6-4-8-10(9(15)5-6)7(2)12-11(13-8)14-18(3,16)17/h6H,4-5H2,1-3H3,(H,12,13,14). The number of hydrogen-bond donors (Lipinski definition) is 1. The summed E-state index contributed by atoms with van der Waals surface area (Å²) in [7, 11) is -3.41. The van der Waals surface area contributed by atoms with Gasteiger partial charge in [0.15, 0.2) is 5.78 Å². The zero-order chi connectivity index (χ0) is 13.5. The van der Waals surface area contributed by atoms with Crippen molar-refractivity contribution in [1.29, 1.82) is 0 Å². The number of sulfonamides is 1. The van der Waals surface area contributed by atoms with Gasteiger partial charge in [-0.05, 0) is 19.3 Å². The van der Waals surface area contributed by atoms with Gasteiger partial charge in [-0.25, -0.2) is 18.4 Å². The van der Waals surface area contributed by atoms with Gasteiger partial charge >= 0.3 is 0 Å². The number of nitrogens with one attached hydrogen (secondary N) is 1. The highest BCUT2D eigenvalue weighted by Crippen LogP contribution is 2.26. The maximum absolute atomic E-state index is 11.9. The van der Waals surface area contributed by atoms with Gasteiger partial charge in [0.05, 0.1) is 23.2 Å². The molecule has 0 fully saturated rings. The van der Waals surface area contributed by atoms with Crippen molar-refractivity contribution >= 4 is 21.8 Å². The van der Waals surface area contributed by atoms with Crippen molar-refractivity contribution in [2.75, 3.05) is 11.0 Å². The highest BCUT2D eigenvalue weighted by Gasteiger charge is 2.26. The van der Waals surface area contributed by atoms with Gasteiger partial charge < -0.3 is 0 Å². The summed E-state index contributed by atoms with van der Waals surface area (Å²) in [6.45, 7) is 3.67. The van der Waals surface area contributed by atoms with Crippen LogP contribution >= 0.6 is 0 Å². The van der Waals surface area contributed by atoms with Crippen LogP contribution in [-0.2, 0) is 16.4 Å². The Labute approximate surface area is 106 Å². The van der Waals surface area contributed by atoms with Crippen molar-refractivity contribution in [3.8, 4) is 0 Å². The SMILES string of the molecule is Cc1nc(NS(C)(=O)=O)nc2c1C(=O)CC(C)C2. The van der Waals surface area contributed by atoms with Gasteiger partial charge in [-0.2, -0.15) is 0 Å². The number of nitrogens with zero attached hydrogens (tertiary/aromatic N) is 2. The molecule has 6 nitrogen and oxygen atoms in total. The first-order valence-corrected chi connectivity index (χ1v) is 7.54. The van der Waals surface area contributed by atoms with Gasteiger partial charge in [0.25, 0.3) is 0 Å². The summed E-state index contributed by atoms with van der Waals surface area (Å²) in [5.74, 6) is 0.299. The van der Waals surface area contributed by atoms with Crippen LogP contribution in [0.5, 0.6) is 0 Å². The number of Topliss-reactive ketones (excluding diaryl/α,β-unsaturated/α-hetero) is 1. The van der Waals surface area contributed by atoms with Gasteiger partial charge in [0.1, 0.15) is 0 Å². The first kappa shape index (κ1) is 12.9. The quantitative estimate of drug-likeness (QED) is 0.862. The first-order chi connectivity index (χ1) is 8.26. The van der Waals surface area contributed by atoms with Crippen LogP contribution < -0.4 is 4.72 Å². The third-order valence-corrected chi connectivity index (χ3v) is 3.35. The van der Waals surface area contributed by atoms with Crippen LogP contribution in [0.3, 0.4) is 0 Å². The van der Waals surface area contributed by atoms with Crippen molar-refractivity contribution in [3.63, 3.8) is 0 Å². The Balaban J connectivity index is 2.48. The van der Waals surface area contributed by atoms with Crippen LogP contribution in [0.25, 0.3) is 0 Å². The van der Waals surface area contributed by atoms with Crippen LogP contribution in [0.2, 0.25) is 0 Å². The maximum atomic E-state index is 11.9. The van der Waals surface area contributed by atoms with Gasteiger partial charge in [-0.1, -0.05) is 6.92 Å². The number of carbonyl (C=O) groups is 1. The second-order valence-electron chi connectivity index (χ2n) is 4.77. The third-order valence-electron chi connectivity index (χ3n) is 2.80. The molecule has 0 radical (unpaired) electrons. The molecule has 0 saturated heterocycles. The van der Waals surface area contributed by atoms with E-state index in [0.717, 1.165) is 6.26 Å². The monoisotopic (exact) mass is 269 g/mol. The lowest BCUT2D eigenvalue weighted by atomic mass is 9.86. The maximum Gasteiger partial charge on any atom is 0.237 e.